The van der Waals surface area contributed by atoms with Crippen LogP contribution < -0.4 is 5.32 Å². The maximum atomic E-state index is 11.5. The molecule has 0 spiro atoms. The molecule has 68 valence electrons. The summed E-state index contributed by atoms with van der Waals surface area (Å²) in [6.07, 6.45) is 3.03. The number of unbranched alkanes of at least 4 members (excludes halogenated alkanes) is 2. The molecule has 3 heteroatoms. The first-order chi connectivity index (χ1) is 5.41. The normalized spacial score (nSPS) is 10.4. The van der Waals surface area contributed by atoms with Crippen LogP contribution in [0.1, 0.15) is 25.7 Å². The van der Waals surface area contributed by atoms with E-state index < -0.39 is 0 Å². The SMILES string of the molecule is FCCCCNCCCCF. The van der Waals surface area contributed by atoms with Gasteiger partial charge in [0.1, 0.15) is 0 Å². The smallest absolute Gasteiger partial charge is 0.0894 e. The van der Waals surface area contributed by atoms with Crippen LogP contribution in [0.5, 0.6) is 0 Å². The number of hydrogen-bond donors (Lipinski definition) is 1. The third-order valence-corrected chi connectivity index (χ3v) is 1.47. The van der Waals surface area contributed by atoms with E-state index in [0.717, 1.165) is 25.9 Å². The Morgan fingerprint density at radius 1 is 0.727 bits per heavy atom. The van der Waals surface area contributed by atoms with Crippen molar-refractivity contribution < 1.29 is 8.78 Å². The Kier molecular flexibility index (Phi) is 9.66. The molecule has 0 fully saturated rings. The van der Waals surface area contributed by atoms with Crippen molar-refractivity contribution in [2.45, 2.75) is 25.7 Å². The largest absolute Gasteiger partial charge is 0.317 e. The van der Waals surface area contributed by atoms with Gasteiger partial charge in [-0.2, -0.15) is 0 Å². The monoisotopic (exact) mass is 165 g/mol. The highest BCUT2D eigenvalue weighted by atomic mass is 19.1. The van der Waals surface area contributed by atoms with Gasteiger partial charge in [-0.1, -0.05) is 0 Å². The molecular formula is C8H17F2N. The third-order valence-electron chi connectivity index (χ3n) is 1.47. The first-order valence-electron chi connectivity index (χ1n) is 4.24. The predicted molar refractivity (Wildman–Crippen MR) is 43.3 cm³/mol. The van der Waals surface area contributed by atoms with Crippen LogP contribution in [0.15, 0.2) is 0 Å². The fourth-order valence-electron chi connectivity index (χ4n) is 0.814. The fourth-order valence-corrected chi connectivity index (χ4v) is 0.814. The lowest BCUT2D eigenvalue weighted by Gasteiger charge is -2.01. The van der Waals surface area contributed by atoms with Crippen LogP contribution in [-0.4, -0.2) is 26.4 Å². The lowest BCUT2D eigenvalue weighted by Crippen LogP contribution is -2.16. The highest BCUT2D eigenvalue weighted by Gasteiger charge is 1.88. The molecule has 0 aliphatic carbocycles. The maximum absolute atomic E-state index is 11.5. The van der Waals surface area contributed by atoms with E-state index in [4.69, 9.17) is 0 Å². The van der Waals surface area contributed by atoms with E-state index in [-0.39, 0.29) is 13.3 Å². The number of halogens is 2. The van der Waals surface area contributed by atoms with Gasteiger partial charge in [0.2, 0.25) is 0 Å². The summed E-state index contributed by atoms with van der Waals surface area (Å²) in [5, 5.41) is 3.12. The zero-order chi connectivity index (χ0) is 8.36. The van der Waals surface area contributed by atoms with Crippen molar-refractivity contribution in [1.29, 1.82) is 0 Å². The van der Waals surface area contributed by atoms with Crippen LogP contribution in [-0.2, 0) is 0 Å². The molecule has 0 bridgehead atoms. The first kappa shape index (κ1) is 10.8. The summed E-state index contributed by atoms with van der Waals surface area (Å²) in [4.78, 5) is 0. The summed E-state index contributed by atoms with van der Waals surface area (Å²) in [6, 6.07) is 0. The fraction of sp³-hybridized carbons (Fsp3) is 1.00. The van der Waals surface area contributed by atoms with Gasteiger partial charge in [0.05, 0.1) is 13.3 Å². The van der Waals surface area contributed by atoms with E-state index in [0.29, 0.717) is 12.8 Å². The summed E-state index contributed by atoms with van der Waals surface area (Å²) in [6.45, 7) is 1.25. The lowest BCUT2D eigenvalue weighted by atomic mass is 10.3. The van der Waals surface area contributed by atoms with E-state index in [1.165, 1.54) is 0 Å². The lowest BCUT2D eigenvalue weighted by molar-refractivity contribution is 0.441. The summed E-state index contributed by atoms with van der Waals surface area (Å²) < 4.78 is 23.1. The molecule has 0 saturated carbocycles. The minimum absolute atomic E-state index is 0.230. The van der Waals surface area contributed by atoms with Gasteiger partial charge in [0.25, 0.3) is 0 Å². The van der Waals surface area contributed by atoms with Crippen molar-refractivity contribution in [1.82, 2.24) is 5.32 Å². The molecule has 1 N–H and O–H groups in total. The zero-order valence-electron chi connectivity index (χ0n) is 6.91. The molecule has 11 heavy (non-hydrogen) atoms. The molecule has 0 aromatic heterocycles. The number of nitrogens with one attached hydrogen (secondary N) is 1. The molecule has 0 aromatic carbocycles. The Morgan fingerprint density at radius 2 is 1.18 bits per heavy atom. The van der Waals surface area contributed by atoms with Crippen LogP contribution in [0.3, 0.4) is 0 Å². The average Bonchev–Trinajstić information content (AvgIpc) is 2.03. The topological polar surface area (TPSA) is 12.0 Å². The van der Waals surface area contributed by atoms with Gasteiger partial charge < -0.3 is 5.32 Å². The maximum Gasteiger partial charge on any atom is 0.0894 e. The second-order valence-corrected chi connectivity index (χ2v) is 2.54. The second kappa shape index (κ2) is 9.82. The van der Waals surface area contributed by atoms with Gasteiger partial charge in [-0.05, 0) is 38.8 Å². The Morgan fingerprint density at radius 3 is 1.55 bits per heavy atom. The van der Waals surface area contributed by atoms with Gasteiger partial charge in [0, 0.05) is 0 Å². The van der Waals surface area contributed by atoms with Crippen molar-refractivity contribution in [3.05, 3.63) is 0 Å². The standard InChI is InChI=1S/C8H17F2N/c9-5-1-3-7-11-8-4-2-6-10/h11H,1-8H2. The summed E-state index contributed by atoms with van der Waals surface area (Å²) >= 11 is 0. The van der Waals surface area contributed by atoms with Crippen molar-refractivity contribution in [3.63, 3.8) is 0 Å². The summed E-state index contributed by atoms with van der Waals surface area (Å²) in [5.41, 5.74) is 0. The minimum Gasteiger partial charge on any atom is -0.317 e. The molecule has 0 rings (SSSR count). The molecule has 0 atom stereocenters. The molecule has 0 aliphatic rings. The molecule has 0 heterocycles. The summed E-state index contributed by atoms with van der Waals surface area (Å²) in [5.74, 6) is 0. The highest BCUT2D eigenvalue weighted by molar-refractivity contribution is 4.48. The summed E-state index contributed by atoms with van der Waals surface area (Å²) in [7, 11) is 0. The molecule has 0 aliphatic heterocycles. The van der Waals surface area contributed by atoms with E-state index >= 15 is 0 Å². The van der Waals surface area contributed by atoms with E-state index in [9.17, 15) is 8.78 Å². The molecular weight excluding hydrogens is 148 g/mol. The van der Waals surface area contributed by atoms with Crippen LogP contribution in [0, 0.1) is 0 Å². The zero-order valence-corrected chi connectivity index (χ0v) is 6.91. The van der Waals surface area contributed by atoms with Crippen LogP contribution in [0.25, 0.3) is 0 Å². The molecule has 0 saturated heterocycles. The van der Waals surface area contributed by atoms with Gasteiger partial charge in [0.15, 0.2) is 0 Å². The average molecular weight is 165 g/mol. The predicted octanol–water partition coefficient (Wildman–Crippen LogP) is 2.08. The van der Waals surface area contributed by atoms with E-state index in [1.54, 1.807) is 0 Å². The van der Waals surface area contributed by atoms with E-state index in [2.05, 4.69) is 5.32 Å². The van der Waals surface area contributed by atoms with Gasteiger partial charge in [-0.25, -0.2) is 0 Å². The molecule has 0 unspecified atom stereocenters. The number of alkyl halides is 2. The first-order valence-corrected chi connectivity index (χ1v) is 4.24. The van der Waals surface area contributed by atoms with Crippen LogP contribution >= 0.6 is 0 Å². The van der Waals surface area contributed by atoms with Crippen molar-refractivity contribution in [3.8, 4) is 0 Å². The molecule has 1 nitrogen and oxygen atoms in total. The second-order valence-electron chi connectivity index (χ2n) is 2.54. The van der Waals surface area contributed by atoms with Gasteiger partial charge >= 0.3 is 0 Å². The van der Waals surface area contributed by atoms with E-state index in [1.807, 2.05) is 0 Å². The highest BCUT2D eigenvalue weighted by Crippen LogP contribution is 1.89. The van der Waals surface area contributed by atoms with Crippen molar-refractivity contribution in [2.75, 3.05) is 26.4 Å². The Hall–Kier alpha value is -0.180. The van der Waals surface area contributed by atoms with Crippen LogP contribution in [0.2, 0.25) is 0 Å². The van der Waals surface area contributed by atoms with Crippen molar-refractivity contribution in [2.24, 2.45) is 0 Å². The number of hydrogen-bond acceptors (Lipinski definition) is 1. The van der Waals surface area contributed by atoms with Gasteiger partial charge in [-0.15, -0.1) is 0 Å². The van der Waals surface area contributed by atoms with Gasteiger partial charge in [-0.3, -0.25) is 8.78 Å². The van der Waals surface area contributed by atoms with Crippen molar-refractivity contribution >= 4 is 0 Å². The van der Waals surface area contributed by atoms with Crippen LogP contribution in [0.4, 0.5) is 8.78 Å². The Bertz CT molecular complexity index is 61.1. The molecule has 0 amide bonds. The third kappa shape index (κ3) is 9.82. The molecule has 0 radical (unpaired) electrons. The Labute approximate surface area is 67.2 Å². The minimum atomic E-state index is -0.230. The quantitative estimate of drug-likeness (QED) is 0.543. The Balaban J connectivity index is 2.69. The molecule has 0 aromatic rings. The number of rotatable bonds is 8.